The lowest BCUT2D eigenvalue weighted by atomic mass is 9.42. The Morgan fingerprint density at radius 2 is 1.81 bits per heavy atom. The Kier molecular flexibility index (Phi) is 7.36. The van der Waals surface area contributed by atoms with Crippen LogP contribution in [0.3, 0.4) is 0 Å². The SMILES string of the molecule is CCN1C[C@]2(COC)[C@H](O)C[C@H](OC)[C@@]34[C@@H]5C[C@H]6[C@H](OC(=O)/C=C/c7ccccc7)[C@@H]5[C@](O)(C[C@@H]6OC)[C@@H]([C@H](OC)[C@H]23)[C@@H]14. The summed E-state index contributed by atoms with van der Waals surface area (Å²) in [5.41, 5.74) is -1.28. The van der Waals surface area contributed by atoms with E-state index in [2.05, 4.69) is 11.8 Å². The lowest BCUT2D eigenvalue weighted by molar-refractivity contribution is -0.296. The van der Waals surface area contributed by atoms with Crippen molar-refractivity contribution in [3.05, 3.63) is 42.0 Å². The number of piperidine rings is 1. The lowest BCUT2D eigenvalue weighted by Gasteiger charge is -2.70. The fourth-order valence-corrected chi connectivity index (χ4v) is 12.0. The molecule has 9 heteroatoms. The summed E-state index contributed by atoms with van der Waals surface area (Å²) < 4.78 is 31.2. The first-order valence-corrected chi connectivity index (χ1v) is 15.9. The van der Waals surface area contributed by atoms with Crippen molar-refractivity contribution in [2.24, 2.45) is 40.4 Å². The predicted molar refractivity (Wildman–Crippen MR) is 158 cm³/mol. The van der Waals surface area contributed by atoms with Gasteiger partial charge in [-0.15, -0.1) is 0 Å². The molecule has 43 heavy (non-hydrogen) atoms. The van der Waals surface area contributed by atoms with E-state index in [4.69, 9.17) is 23.7 Å². The summed E-state index contributed by atoms with van der Waals surface area (Å²) in [5.74, 6) is -1.15. The van der Waals surface area contributed by atoms with Crippen molar-refractivity contribution in [1.82, 2.24) is 4.90 Å². The van der Waals surface area contributed by atoms with Gasteiger partial charge in [0.2, 0.25) is 0 Å². The van der Waals surface area contributed by atoms with Crippen LogP contribution in [-0.2, 0) is 28.5 Å². The third-order valence-electron chi connectivity index (χ3n) is 12.9. The molecule has 1 aromatic carbocycles. The molecule has 236 valence electrons. The van der Waals surface area contributed by atoms with Crippen molar-refractivity contribution in [2.45, 2.75) is 68.3 Å². The highest BCUT2D eigenvalue weighted by Gasteiger charge is 2.87. The van der Waals surface area contributed by atoms with Crippen LogP contribution in [-0.4, -0.2) is 111 Å². The Bertz CT molecular complexity index is 1240. The van der Waals surface area contributed by atoms with Gasteiger partial charge in [-0.25, -0.2) is 4.79 Å². The van der Waals surface area contributed by atoms with Crippen molar-refractivity contribution >= 4 is 12.0 Å². The zero-order valence-electron chi connectivity index (χ0n) is 25.9. The molecule has 2 N–H and O–H groups in total. The summed E-state index contributed by atoms with van der Waals surface area (Å²) in [6, 6.07) is 9.68. The number of carbonyl (C=O) groups is 1. The smallest absolute Gasteiger partial charge is 0.331 e. The Labute approximate surface area is 254 Å². The number of aliphatic hydroxyl groups excluding tert-OH is 1. The molecule has 14 atom stereocenters. The standard InChI is InChI=1S/C34H47NO8/c1-6-35-17-32(18-39-2)23(36)15-24(41-4)34-21-14-20-22(40-3)16-33(38,27(31(34)35)29(42-5)30(32)34)26(21)28(20)43-25(37)13-12-19-10-8-7-9-11-19/h7-13,20-24,26-31,36,38H,6,14-18H2,1-5H3/b13-12+/t20-,21-,22+,23-,24+,26-,27+,28+,29+,30-,31-,32+,33-,34+/m1/s1. The van der Waals surface area contributed by atoms with Crippen LogP contribution >= 0.6 is 0 Å². The van der Waals surface area contributed by atoms with E-state index in [0.29, 0.717) is 26.0 Å². The minimum absolute atomic E-state index is 0.00943. The molecule has 0 aromatic heterocycles. The minimum atomic E-state index is -1.19. The van der Waals surface area contributed by atoms with E-state index < -0.39 is 34.6 Å². The van der Waals surface area contributed by atoms with E-state index in [1.165, 1.54) is 6.08 Å². The van der Waals surface area contributed by atoms with Gasteiger partial charge in [0.05, 0.1) is 36.6 Å². The van der Waals surface area contributed by atoms with Crippen LogP contribution in [0.25, 0.3) is 6.08 Å². The van der Waals surface area contributed by atoms with Crippen LogP contribution in [0.5, 0.6) is 0 Å². The van der Waals surface area contributed by atoms with Gasteiger partial charge in [-0.3, -0.25) is 4.90 Å². The molecular weight excluding hydrogens is 550 g/mol. The second kappa shape index (κ2) is 10.6. The number of carbonyl (C=O) groups excluding carboxylic acids is 1. The number of likely N-dealkylation sites (tertiary alicyclic amines) is 1. The Morgan fingerprint density at radius 3 is 2.47 bits per heavy atom. The molecule has 6 fully saturated rings. The molecule has 6 aliphatic rings. The number of rotatable bonds is 9. The molecule has 1 aromatic rings. The lowest BCUT2D eigenvalue weighted by Crippen LogP contribution is -2.78. The van der Waals surface area contributed by atoms with Gasteiger partial charge in [0, 0.05) is 94.4 Å². The molecule has 7 rings (SSSR count). The van der Waals surface area contributed by atoms with Crippen LogP contribution in [0, 0.1) is 40.4 Å². The van der Waals surface area contributed by atoms with Gasteiger partial charge in [-0.2, -0.15) is 0 Å². The number of ether oxygens (including phenoxy) is 5. The molecule has 1 spiro atoms. The average Bonchev–Trinajstić information content (AvgIpc) is 3.44. The van der Waals surface area contributed by atoms with Crippen molar-refractivity contribution in [3.63, 3.8) is 0 Å². The zero-order chi connectivity index (χ0) is 30.3. The molecule has 0 amide bonds. The van der Waals surface area contributed by atoms with Crippen LogP contribution in [0.1, 0.15) is 31.7 Å². The first-order chi connectivity index (χ1) is 20.8. The average molecular weight is 598 g/mol. The molecule has 5 aliphatic carbocycles. The summed E-state index contributed by atoms with van der Waals surface area (Å²) in [6.07, 6.45) is 2.98. The molecule has 9 nitrogen and oxygen atoms in total. The summed E-state index contributed by atoms with van der Waals surface area (Å²) in [4.78, 5) is 15.9. The van der Waals surface area contributed by atoms with Crippen LogP contribution in [0.15, 0.2) is 36.4 Å². The first kappa shape index (κ1) is 29.8. The number of benzene rings is 1. The van der Waals surface area contributed by atoms with E-state index >= 15 is 0 Å². The molecule has 1 heterocycles. The molecule has 1 aliphatic heterocycles. The summed E-state index contributed by atoms with van der Waals surface area (Å²) in [5, 5.41) is 25.1. The fraction of sp³-hybridized carbons (Fsp3) is 0.735. The maximum atomic E-state index is 13.4. The van der Waals surface area contributed by atoms with Gasteiger partial charge in [0.25, 0.3) is 0 Å². The van der Waals surface area contributed by atoms with Gasteiger partial charge in [0.15, 0.2) is 0 Å². The van der Waals surface area contributed by atoms with Crippen molar-refractivity contribution in [1.29, 1.82) is 0 Å². The monoisotopic (exact) mass is 597 g/mol. The number of nitrogens with zero attached hydrogens (tertiary/aromatic N) is 1. The molecule has 7 bridgehead atoms. The summed E-state index contributed by atoms with van der Waals surface area (Å²) in [6.45, 7) is 4.01. The number of methoxy groups -OCH3 is 4. The van der Waals surface area contributed by atoms with Gasteiger partial charge in [-0.05, 0) is 30.5 Å². The zero-order valence-corrected chi connectivity index (χ0v) is 25.9. The third-order valence-corrected chi connectivity index (χ3v) is 12.9. The van der Waals surface area contributed by atoms with Crippen LogP contribution < -0.4 is 0 Å². The van der Waals surface area contributed by atoms with Crippen LogP contribution in [0.4, 0.5) is 0 Å². The molecule has 0 unspecified atom stereocenters. The van der Waals surface area contributed by atoms with Gasteiger partial charge >= 0.3 is 5.97 Å². The molecule has 1 saturated heterocycles. The highest BCUT2D eigenvalue weighted by atomic mass is 16.6. The quantitative estimate of drug-likeness (QED) is 0.328. The predicted octanol–water partition coefficient (Wildman–Crippen LogP) is 2.39. The van der Waals surface area contributed by atoms with Crippen molar-refractivity contribution in [3.8, 4) is 0 Å². The number of hydrogen-bond donors (Lipinski definition) is 2. The molecular formula is C34H47NO8. The maximum Gasteiger partial charge on any atom is 0.331 e. The van der Waals surface area contributed by atoms with E-state index in [1.54, 1.807) is 34.5 Å². The topological polar surface area (TPSA) is 107 Å². The number of hydrogen-bond acceptors (Lipinski definition) is 9. The van der Waals surface area contributed by atoms with E-state index in [1.807, 2.05) is 30.3 Å². The largest absolute Gasteiger partial charge is 0.458 e. The fourth-order valence-electron chi connectivity index (χ4n) is 12.0. The third kappa shape index (κ3) is 3.73. The van der Waals surface area contributed by atoms with E-state index in [-0.39, 0.29) is 53.9 Å². The normalized spacial score (nSPS) is 49.4. The Balaban J connectivity index is 1.37. The number of fused-ring (bicyclic) bond motifs is 2. The van der Waals surface area contributed by atoms with E-state index in [9.17, 15) is 15.0 Å². The molecule has 5 saturated carbocycles. The highest BCUT2D eigenvalue weighted by molar-refractivity contribution is 5.87. The number of aliphatic hydroxyl groups is 2. The molecule has 0 radical (unpaired) electrons. The Hall–Kier alpha value is -1.85. The second-order valence-corrected chi connectivity index (χ2v) is 14.0. The first-order valence-electron chi connectivity index (χ1n) is 15.9. The van der Waals surface area contributed by atoms with Crippen LogP contribution in [0.2, 0.25) is 0 Å². The van der Waals surface area contributed by atoms with Crippen molar-refractivity contribution in [2.75, 3.05) is 48.1 Å². The Morgan fingerprint density at radius 1 is 1.05 bits per heavy atom. The van der Waals surface area contributed by atoms with E-state index in [0.717, 1.165) is 18.5 Å². The summed E-state index contributed by atoms with van der Waals surface area (Å²) in [7, 11) is 6.90. The summed E-state index contributed by atoms with van der Waals surface area (Å²) >= 11 is 0. The van der Waals surface area contributed by atoms with Gasteiger partial charge in [-0.1, -0.05) is 37.3 Å². The highest BCUT2D eigenvalue weighted by Crippen LogP contribution is 2.79. The second-order valence-electron chi connectivity index (χ2n) is 14.0. The van der Waals surface area contributed by atoms with Gasteiger partial charge in [0.1, 0.15) is 6.10 Å². The maximum absolute atomic E-state index is 13.4. The number of esters is 1. The minimum Gasteiger partial charge on any atom is -0.458 e. The van der Waals surface area contributed by atoms with Crippen molar-refractivity contribution < 1.29 is 38.7 Å². The van der Waals surface area contributed by atoms with Gasteiger partial charge < -0.3 is 33.9 Å².